The maximum Gasteiger partial charge on any atom is 0.254 e. The van der Waals surface area contributed by atoms with Gasteiger partial charge in [-0.2, -0.15) is 0 Å². The Morgan fingerprint density at radius 1 is 0.923 bits per heavy atom. The van der Waals surface area contributed by atoms with Crippen LogP contribution in [0, 0.1) is 11.8 Å². The maximum atomic E-state index is 13.4. The monoisotopic (exact) mass is 348 g/mol. The van der Waals surface area contributed by atoms with Crippen LogP contribution in [0.15, 0.2) is 42.5 Å². The molecule has 0 N–H and O–H groups in total. The predicted octanol–water partition coefficient (Wildman–Crippen LogP) is 4.18. The number of benzene rings is 2. The van der Waals surface area contributed by atoms with Crippen LogP contribution in [0.2, 0.25) is 0 Å². The van der Waals surface area contributed by atoms with E-state index >= 15 is 0 Å². The van der Waals surface area contributed by atoms with Crippen LogP contribution in [0.3, 0.4) is 0 Å². The average molecular weight is 348 g/mol. The Balaban J connectivity index is 1.39. The van der Waals surface area contributed by atoms with Gasteiger partial charge in [-0.1, -0.05) is 42.8 Å². The fraction of sp³-hybridized carbons (Fsp3) is 0.522. The molecular weight excluding hydrogens is 320 g/mol. The fourth-order valence-corrected chi connectivity index (χ4v) is 5.16. The molecule has 0 radical (unpaired) electrons. The topological polar surface area (TPSA) is 23.6 Å². The van der Waals surface area contributed by atoms with E-state index in [0.29, 0.717) is 12.0 Å². The largest absolute Gasteiger partial charge is 0.337 e. The molecule has 1 aliphatic carbocycles. The van der Waals surface area contributed by atoms with Crippen molar-refractivity contribution in [1.29, 1.82) is 0 Å². The van der Waals surface area contributed by atoms with Gasteiger partial charge in [-0.3, -0.25) is 9.69 Å². The van der Waals surface area contributed by atoms with E-state index in [1.165, 1.54) is 45.2 Å². The van der Waals surface area contributed by atoms with E-state index in [2.05, 4.69) is 28.0 Å². The SMILES string of the molecule is O=C(c1cccc2ccccc12)N1C[C@H]2CC[C@@H](C1)N(CC1CCC1)C2. The lowest BCUT2D eigenvalue weighted by molar-refractivity contribution is 0.0719. The van der Waals surface area contributed by atoms with Crippen molar-refractivity contribution in [2.24, 2.45) is 11.8 Å². The zero-order valence-corrected chi connectivity index (χ0v) is 15.4. The summed E-state index contributed by atoms with van der Waals surface area (Å²) in [7, 11) is 0. The van der Waals surface area contributed by atoms with Gasteiger partial charge in [0, 0.05) is 37.8 Å². The third kappa shape index (κ3) is 2.92. The first-order chi connectivity index (χ1) is 12.8. The number of rotatable bonds is 3. The molecule has 3 nitrogen and oxygen atoms in total. The van der Waals surface area contributed by atoms with Crippen molar-refractivity contribution in [3.63, 3.8) is 0 Å². The molecule has 4 aliphatic rings. The predicted molar refractivity (Wildman–Crippen MR) is 105 cm³/mol. The van der Waals surface area contributed by atoms with Crippen LogP contribution in [0.5, 0.6) is 0 Å². The van der Waals surface area contributed by atoms with Gasteiger partial charge in [0.1, 0.15) is 0 Å². The Morgan fingerprint density at radius 2 is 1.77 bits per heavy atom. The lowest BCUT2D eigenvalue weighted by Crippen LogP contribution is -2.47. The summed E-state index contributed by atoms with van der Waals surface area (Å²) in [6, 6.07) is 14.9. The molecule has 2 bridgehead atoms. The zero-order chi connectivity index (χ0) is 17.5. The number of amides is 1. The number of carbonyl (C=O) groups excluding carboxylic acids is 1. The van der Waals surface area contributed by atoms with E-state index in [-0.39, 0.29) is 5.91 Å². The van der Waals surface area contributed by atoms with Crippen molar-refractivity contribution in [3.05, 3.63) is 48.0 Å². The minimum Gasteiger partial charge on any atom is -0.337 e. The highest BCUT2D eigenvalue weighted by atomic mass is 16.2. The van der Waals surface area contributed by atoms with Gasteiger partial charge in [0.05, 0.1) is 0 Å². The van der Waals surface area contributed by atoms with E-state index in [0.717, 1.165) is 35.3 Å². The molecule has 0 aromatic heterocycles. The van der Waals surface area contributed by atoms with Crippen molar-refractivity contribution in [2.45, 2.75) is 38.1 Å². The molecule has 4 fully saturated rings. The fourth-order valence-electron chi connectivity index (χ4n) is 5.16. The van der Waals surface area contributed by atoms with Crippen LogP contribution in [-0.4, -0.2) is 47.9 Å². The quantitative estimate of drug-likeness (QED) is 0.831. The highest BCUT2D eigenvalue weighted by Gasteiger charge is 2.38. The molecule has 26 heavy (non-hydrogen) atoms. The molecule has 3 aliphatic heterocycles. The molecule has 136 valence electrons. The highest BCUT2D eigenvalue weighted by Crippen LogP contribution is 2.34. The number of hydrogen-bond donors (Lipinski definition) is 0. The molecule has 1 amide bonds. The van der Waals surface area contributed by atoms with E-state index in [9.17, 15) is 4.79 Å². The van der Waals surface area contributed by atoms with Crippen LogP contribution in [0.1, 0.15) is 42.5 Å². The van der Waals surface area contributed by atoms with Gasteiger partial charge < -0.3 is 4.90 Å². The molecule has 3 heterocycles. The van der Waals surface area contributed by atoms with Crippen molar-refractivity contribution < 1.29 is 4.79 Å². The molecular formula is C23H28N2O. The summed E-state index contributed by atoms with van der Waals surface area (Å²) in [6.07, 6.45) is 6.78. The van der Waals surface area contributed by atoms with Crippen molar-refractivity contribution in [3.8, 4) is 0 Å². The molecule has 3 saturated heterocycles. The van der Waals surface area contributed by atoms with Crippen molar-refractivity contribution in [2.75, 3.05) is 26.2 Å². The Hall–Kier alpha value is -1.87. The Kier molecular flexibility index (Phi) is 4.20. The number of nitrogens with zero attached hydrogens (tertiary/aromatic N) is 2. The van der Waals surface area contributed by atoms with Gasteiger partial charge in [-0.25, -0.2) is 0 Å². The van der Waals surface area contributed by atoms with Gasteiger partial charge in [-0.15, -0.1) is 0 Å². The summed E-state index contributed by atoms with van der Waals surface area (Å²) in [5, 5.41) is 2.24. The molecule has 3 heteroatoms. The summed E-state index contributed by atoms with van der Waals surface area (Å²) in [5.74, 6) is 1.79. The summed E-state index contributed by atoms with van der Waals surface area (Å²) in [6.45, 7) is 4.29. The third-order valence-electron chi connectivity index (χ3n) is 6.85. The molecule has 2 atom stereocenters. The lowest BCUT2D eigenvalue weighted by atomic mass is 9.83. The minimum absolute atomic E-state index is 0.226. The first-order valence-electron chi connectivity index (χ1n) is 10.3. The zero-order valence-electron chi connectivity index (χ0n) is 15.4. The van der Waals surface area contributed by atoms with Crippen LogP contribution < -0.4 is 0 Å². The summed E-state index contributed by atoms with van der Waals surface area (Å²) >= 11 is 0. The first-order valence-corrected chi connectivity index (χ1v) is 10.3. The molecule has 6 rings (SSSR count). The van der Waals surface area contributed by atoms with Crippen LogP contribution >= 0.6 is 0 Å². The van der Waals surface area contributed by atoms with Crippen LogP contribution in [0.4, 0.5) is 0 Å². The van der Waals surface area contributed by atoms with E-state index in [4.69, 9.17) is 0 Å². The Bertz CT molecular complexity index is 807. The van der Waals surface area contributed by atoms with E-state index in [1.807, 2.05) is 24.3 Å². The number of carbonyl (C=O) groups is 1. The van der Waals surface area contributed by atoms with Gasteiger partial charge >= 0.3 is 0 Å². The second-order valence-corrected chi connectivity index (χ2v) is 8.58. The second kappa shape index (κ2) is 6.70. The smallest absolute Gasteiger partial charge is 0.254 e. The normalized spacial score (nSPS) is 26.7. The van der Waals surface area contributed by atoms with Crippen LogP contribution in [-0.2, 0) is 0 Å². The van der Waals surface area contributed by atoms with Gasteiger partial charge in [0.25, 0.3) is 5.91 Å². The summed E-state index contributed by atoms with van der Waals surface area (Å²) in [5.41, 5.74) is 0.870. The number of piperidine rings is 1. The van der Waals surface area contributed by atoms with Crippen LogP contribution in [0.25, 0.3) is 10.8 Å². The van der Waals surface area contributed by atoms with E-state index in [1.54, 1.807) is 0 Å². The average Bonchev–Trinajstić information content (AvgIpc) is 2.95. The van der Waals surface area contributed by atoms with Crippen molar-refractivity contribution >= 4 is 16.7 Å². The summed E-state index contributed by atoms with van der Waals surface area (Å²) in [4.78, 5) is 18.3. The molecule has 2 aromatic carbocycles. The van der Waals surface area contributed by atoms with Gasteiger partial charge in [-0.05, 0) is 54.4 Å². The molecule has 0 unspecified atom stereocenters. The van der Waals surface area contributed by atoms with Gasteiger partial charge in [0.15, 0.2) is 0 Å². The summed E-state index contributed by atoms with van der Waals surface area (Å²) < 4.78 is 0. The highest BCUT2D eigenvalue weighted by molar-refractivity contribution is 6.07. The minimum atomic E-state index is 0.226. The number of fused-ring (bicyclic) bond motifs is 5. The Labute approximate surface area is 156 Å². The number of hydrogen-bond acceptors (Lipinski definition) is 2. The Morgan fingerprint density at radius 3 is 2.62 bits per heavy atom. The second-order valence-electron chi connectivity index (χ2n) is 8.58. The first kappa shape index (κ1) is 16.3. The van der Waals surface area contributed by atoms with Crippen molar-refractivity contribution in [1.82, 2.24) is 9.80 Å². The molecule has 0 spiro atoms. The standard InChI is InChI=1S/C23H28N2O/c26-23(22-10-4-8-19-7-1-2-9-21(19)22)25-15-18-11-12-20(16-25)24(14-18)13-17-5-3-6-17/h1-2,4,7-10,17-18,20H,3,5-6,11-16H2/t18-,20-/m0/s1. The molecule has 2 aromatic rings. The maximum absolute atomic E-state index is 13.4. The lowest BCUT2D eigenvalue weighted by Gasteiger charge is -2.40. The molecule has 1 saturated carbocycles. The third-order valence-corrected chi connectivity index (χ3v) is 6.85. The van der Waals surface area contributed by atoms with E-state index < -0.39 is 0 Å². The van der Waals surface area contributed by atoms with Gasteiger partial charge in [0.2, 0.25) is 0 Å².